The van der Waals surface area contributed by atoms with E-state index in [0.29, 0.717) is 36.6 Å². The molecule has 0 fully saturated rings. The van der Waals surface area contributed by atoms with Gasteiger partial charge in [-0.3, -0.25) is 4.79 Å². The van der Waals surface area contributed by atoms with Gasteiger partial charge in [-0.25, -0.2) is 4.79 Å². The standard InChI is InChI=1S/C17H31NO3/c1-8-21-16(20)13(4)14(11-12(2)3)18-15(19)9-10-17(5,6)7/h12H,8-11H2,1-7H3,(H,18,19). The number of esters is 1. The van der Waals surface area contributed by atoms with Crippen LogP contribution in [0.3, 0.4) is 0 Å². The van der Waals surface area contributed by atoms with E-state index in [1.54, 1.807) is 13.8 Å². The van der Waals surface area contributed by atoms with Gasteiger partial charge in [0.1, 0.15) is 0 Å². The first kappa shape index (κ1) is 19.7. The maximum Gasteiger partial charge on any atom is 0.335 e. The minimum absolute atomic E-state index is 0.0378. The largest absolute Gasteiger partial charge is 0.463 e. The predicted octanol–water partition coefficient (Wildman–Crippen LogP) is 3.81. The molecule has 0 unspecified atom stereocenters. The number of hydrogen-bond acceptors (Lipinski definition) is 3. The van der Waals surface area contributed by atoms with E-state index in [-0.39, 0.29) is 17.3 Å². The van der Waals surface area contributed by atoms with Crippen LogP contribution in [0.4, 0.5) is 0 Å². The summed E-state index contributed by atoms with van der Waals surface area (Å²) in [4.78, 5) is 23.9. The molecule has 21 heavy (non-hydrogen) atoms. The quantitative estimate of drug-likeness (QED) is 0.574. The third-order valence-electron chi connectivity index (χ3n) is 3.04. The molecule has 0 saturated carbocycles. The highest BCUT2D eigenvalue weighted by Crippen LogP contribution is 2.21. The van der Waals surface area contributed by atoms with Crippen LogP contribution in [0.5, 0.6) is 0 Å². The van der Waals surface area contributed by atoms with E-state index in [9.17, 15) is 9.59 Å². The Labute approximate surface area is 129 Å². The number of nitrogens with one attached hydrogen (secondary N) is 1. The van der Waals surface area contributed by atoms with Crippen LogP contribution in [0.2, 0.25) is 0 Å². The average Bonchev–Trinajstić information content (AvgIpc) is 2.33. The molecule has 0 aromatic heterocycles. The van der Waals surface area contributed by atoms with Crippen LogP contribution in [-0.4, -0.2) is 18.5 Å². The molecule has 0 aliphatic rings. The third-order valence-corrected chi connectivity index (χ3v) is 3.04. The maximum atomic E-state index is 12.1. The summed E-state index contributed by atoms with van der Waals surface area (Å²) in [6, 6.07) is 0. The number of hydrogen-bond donors (Lipinski definition) is 1. The highest BCUT2D eigenvalue weighted by Gasteiger charge is 2.17. The molecule has 4 nitrogen and oxygen atoms in total. The fourth-order valence-electron chi connectivity index (χ4n) is 1.79. The van der Waals surface area contributed by atoms with Gasteiger partial charge in [-0.05, 0) is 38.0 Å². The Morgan fingerprint density at radius 1 is 1.19 bits per heavy atom. The van der Waals surface area contributed by atoms with Gasteiger partial charge in [0.15, 0.2) is 0 Å². The van der Waals surface area contributed by atoms with Crippen LogP contribution < -0.4 is 5.32 Å². The van der Waals surface area contributed by atoms with Gasteiger partial charge < -0.3 is 10.1 Å². The lowest BCUT2D eigenvalue weighted by Crippen LogP contribution is -2.27. The second kappa shape index (κ2) is 8.85. The number of amides is 1. The number of carbonyl (C=O) groups excluding carboxylic acids is 2. The van der Waals surface area contributed by atoms with E-state index >= 15 is 0 Å². The molecule has 1 amide bonds. The van der Waals surface area contributed by atoms with Crippen molar-refractivity contribution in [1.82, 2.24) is 5.32 Å². The molecule has 0 aromatic carbocycles. The lowest BCUT2D eigenvalue weighted by molar-refractivity contribution is -0.138. The van der Waals surface area contributed by atoms with Gasteiger partial charge in [0.05, 0.1) is 12.2 Å². The number of ether oxygens (including phenoxy) is 1. The van der Waals surface area contributed by atoms with Crippen molar-refractivity contribution >= 4 is 11.9 Å². The second-order valence-corrected chi connectivity index (χ2v) is 7.03. The molecular formula is C17H31NO3. The Balaban J connectivity index is 4.88. The van der Waals surface area contributed by atoms with Crippen LogP contribution in [0, 0.1) is 11.3 Å². The van der Waals surface area contributed by atoms with E-state index in [0.717, 1.165) is 6.42 Å². The monoisotopic (exact) mass is 297 g/mol. The zero-order chi connectivity index (χ0) is 16.6. The van der Waals surface area contributed by atoms with Crippen molar-refractivity contribution in [1.29, 1.82) is 0 Å². The molecule has 0 spiro atoms. The van der Waals surface area contributed by atoms with Crippen molar-refractivity contribution in [2.24, 2.45) is 11.3 Å². The Kier molecular flexibility index (Phi) is 8.30. The summed E-state index contributed by atoms with van der Waals surface area (Å²) in [5.41, 5.74) is 1.30. The van der Waals surface area contributed by atoms with Gasteiger partial charge in [0.2, 0.25) is 5.91 Å². The van der Waals surface area contributed by atoms with Crippen molar-refractivity contribution in [2.45, 2.75) is 67.7 Å². The van der Waals surface area contributed by atoms with Crippen molar-refractivity contribution in [3.05, 3.63) is 11.3 Å². The van der Waals surface area contributed by atoms with Crippen LogP contribution >= 0.6 is 0 Å². The first-order valence-electron chi connectivity index (χ1n) is 7.73. The molecule has 0 aliphatic carbocycles. The minimum atomic E-state index is -0.357. The van der Waals surface area contributed by atoms with Crippen molar-refractivity contribution in [3.8, 4) is 0 Å². The number of carbonyl (C=O) groups is 2. The summed E-state index contributed by atoms with van der Waals surface area (Å²) in [6.07, 6.45) is 1.93. The van der Waals surface area contributed by atoms with E-state index < -0.39 is 0 Å². The van der Waals surface area contributed by atoms with E-state index in [1.165, 1.54) is 0 Å². The van der Waals surface area contributed by atoms with Crippen LogP contribution in [0.1, 0.15) is 67.7 Å². The topological polar surface area (TPSA) is 55.4 Å². The van der Waals surface area contributed by atoms with Crippen LogP contribution in [0.15, 0.2) is 11.3 Å². The third kappa shape index (κ3) is 9.27. The van der Waals surface area contributed by atoms with Crippen molar-refractivity contribution < 1.29 is 14.3 Å². The zero-order valence-corrected chi connectivity index (χ0v) is 14.6. The first-order chi connectivity index (χ1) is 9.56. The number of rotatable bonds is 7. The van der Waals surface area contributed by atoms with E-state index in [2.05, 4.69) is 39.9 Å². The Hall–Kier alpha value is -1.32. The molecule has 4 heteroatoms. The average molecular weight is 297 g/mol. The minimum Gasteiger partial charge on any atom is -0.463 e. The number of allylic oxidation sites excluding steroid dienone is 1. The summed E-state index contributed by atoms with van der Waals surface area (Å²) < 4.78 is 5.01. The highest BCUT2D eigenvalue weighted by molar-refractivity contribution is 5.90. The molecular weight excluding hydrogens is 266 g/mol. The second-order valence-electron chi connectivity index (χ2n) is 7.03. The molecule has 0 radical (unpaired) electrons. The van der Waals surface area contributed by atoms with Crippen LogP contribution in [0.25, 0.3) is 0 Å². The fraction of sp³-hybridized carbons (Fsp3) is 0.765. The highest BCUT2D eigenvalue weighted by atomic mass is 16.5. The van der Waals surface area contributed by atoms with Crippen LogP contribution in [-0.2, 0) is 14.3 Å². The van der Waals surface area contributed by atoms with E-state index in [4.69, 9.17) is 4.74 Å². The van der Waals surface area contributed by atoms with E-state index in [1.807, 2.05) is 0 Å². The molecule has 0 saturated heterocycles. The smallest absolute Gasteiger partial charge is 0.335 e. The van der Waals surface area contributed by atoms with Gasteiger partial charge >= 0.3 is 5.97 Å². The predicted molar refractivity (Wildman–Crippen MR) is 85.6 cm³/mol. The fourth-order valence-corrected chi connectivity index (χ4v) is 1.79. The van der Waals surface area contributed by atoms with Gasteiger partial charge in [-0.1, -0.05) is 34.6 Å². The first-order valence-corrected chi connectivity index (χ1v) is 7.73. The lowest BCUT2D eigenvalue weighted by Gasteiger charge is -2.19. The molecule has 1 N–H and O–H groups in total. The summed E-state index contributed by atoms with van der Waals surface area (Å²) in [5, 5.41) is 2.90. The van der Waals surface area contributed by atoms with Gasteiger partial charge in [0.25, 0.3) is 0 Å². The molecule has 0 atom stereocenters. The summed E-state index contributed by atoms with van der Waals surface area (Å²) in [7, 11) is 0. The van der Waals surface area contributed by atoms with Gasteiger partial charge in [-0.2, -0.15) is 0 Å². The molecule has 0 aliphatic heterocycles. The Morgan fingerprint density at radius 3 is 2.19 bits per heavy atom. The molecule has 0 rings (SSSR count). The summed E-state index contributed by atoms with van der Waals surface area (Å²) >= 11 is 0. The van der Waals surface area contributed by atoms with Gasteiger partial charge in [0, 0.05) is 12.1 Å². The molecule has 0 heterocycles. The van der Waals surface area contributed by atoms with Gasteiger partial charge in [-0.15, -0.1) is 0 Å². The summed E-state index contributed by atoms with van der Waals surface area (Å²) in [5.74, 6) is -0.0409. The van der Waals surface area contributed by atoms with Crippen molar-refractivity contribution in [2.75, 3.05) is 6.61 Å². The lowest BCUT2D eigenvalue weighted by atomic mass is 9.90. The Morgan fingerprint density at radius 2 is 1.76 bits per heavy atom. The summed E-state index contributed by atoms with van der Waals surface area (Å²) in [6.45, 7) is 14.2. The molecule has 122 valence electrons. The zero-order valence-electron chi connectivity index (χ0n) is 14.6. The Bertz CT molecular complexity index is 389. The molecule has 0 aromatic rings. The maximum absolute atomic E-state index is 12.1. The molecule has 0 bridgehead atoms. The SMILES string of the molecule is CCOC(=O)C(C)=C(CC(C)C)NC(=O)CCC(C)(C)C. The normalized spacial score (nSPS) is 13.0. The van der Waals surface area contributed by atoms with Crippen molar-refractivity contribution in [3.63, 3.8) is 0 Å².